The average molecular weight is 786 g/mol. The lowest BCUT2D eigenvalue weighted by molar-refractivity contribution is 0.157. The van der Waals surface area contributed by atoms with Crippen LogP contribution in [0.15, 0.2) is 93.7 Å². The zero-order chi connectivity index (χ0) is 38.7. The summed E-state index contributed by atoms with van der Waals surface area (Å²) < 4.78 is 17.8. The van der Waals surface area contributed by atoms with Gasteiger partial charge in [0.2, 0.25) is 0 Å². The van der Waals surface area contributed by atoms with E-state index >= 15 is 0 Å². The molecule has 2 aliphatic heterocycles. The van der Waals surface area contributed by atoms with Crippen LogP contribution in [0, 0.1) is 0 Å². The summed E-state index contributed by atoms with van der Waals surface area (Å²) in [6.07, 6.45) is 9.61. The second-order valence-corrected chi connectivity index (χ2v) is 15.3. The molecular weight excluding hydrogens is 735 g/mol. The highest BCUT2D eigenvalue weighted by Crippen LogP contribution is 2.49. The summed E-state index contributed by atoms with van der Waals surface area (Å²) in [5, 5.41) is 22.0. The van der Waals surface area contributed by atoms with Crippen LogP contribution < -0.4 is 20.0 Å². The SMILES string of the molecule is CN(C)CCCN1c2ccccc2CCc2ccc(Cl)cc21.COc1c(CC=C(C)C)c2c(c3oc(=O)c(-c4ccc(O)cc4)c(O)c13)C=CC(C)(C)O2.Cl. The van der Waals surface area contributed by atoms with Crippen molar-refractivity contribution in [2.24, 2.45) is 0 Å². The summed E-state index contributed by atoms with van der Waals surface area (Å²) in [6, 6.07) is 21.1. The molecule has 0 saturated carbocycles. The Morgan fingerprint density at radius 2 is 1.69 bits per heavy atom. The number of hydrogen-bond donors (Lipinski definition) is 2. The third kappa shape index (κ3) is 8.99. The lowest BCUT2D eigenvalue weighted by atomic mass is 9.93. The van der Waals surface area contributed by atoms with E-state index in [1.807, 2.05) is 45.9 Å². The molecule has 8 nitrogen and oxygen atoms in total. The molecule has 3 heterocycles. The number of methoxy groups -OCH3 is 1. The molecule has 55 heavy (non-hydrogen) atoms. The summed E-state index contributed by atoms with van der Waals surface area (Å²) in [7, 11) is 5.77. The number of benzene rings is 4. The molecule has 0 radical (unpaired) electrons. The molecule has 4 aromatic carbocycles. The van der Waals surface area contributed by atoms with Crippen molar-refractivity contribution in [3.05, 3.63) is 122 Å². The monoisotopic (exact) mass is 784 g/mol. The summed E-state index contributed by atoms with van der Waals surface area (Å²) in [4.78, 5) is 17.6. The highest BCUT2D eigenvalue weighted by atomic mass is 35.5. The summed E-state index contributed by atoms with van der Waals surface area (Å²) in [5.74, 6) is 0.778. The fraction of sp³-hybridized carbons (Fsp3) is 0.311. The number of para-hydroxylation sites is 1. The predicted octanol–water partition coefficient (Wildman–Crippen LogP) is 10.5. The molecule has 0 atom stereocenters. The molecule has 0 bridgehead atoms. The first kappa shape index (κ1) is 41.3. The number of halogens is 2. The second-order valence-electron chi connectivity index (χ2n) is 14.9. The van der Waals surface area contributed by atoms with Gasteiger partial charge in [0, 0.05) is 28.5 Å². The van der Waals surface area contributed by atoms with Crippen LogP contribution in [0.25, 0.3) is 28.2 Å². The lowest BCUT2D eigenvalue weighted by Crippen LogP contribution is -2.28. The van der Waals surface area contributed by atoms with Gasteiger partial charge in [0.1, 0.15) is 39.5 Å². The van der Waals surface area contributed by atoms with Gasteiger partial charge in [-0.1, -0.05) is 59.6 Å². The molecule has 5 aromatic rings. The number of phenolic OH excluding ortho intramolecular Hbond substituents is 1. The third-order valence-electron chi connectivity index (χ3n) is 9.73. The molecule has 2 N–H and O–H groups in total. The van der Waals surface area contributed by atoms with Crippen LogP contribution in [0.5, 0.6) is 23.0 Å². The summed E-state index contributed by atoms with van der Waals surface area (Å²) in [5.41, 5.74) is 7.29. The largest absolute Gasteiger partial charge is 0.508 e. The smallest absolute Gasteiger partial charge is 0.348 e. The predicted molar refractivity (Wildman–Crippen MR) is 227 cm³/mol. The molecule has 7 rings (SSSR count). The van der Waals surface area contributed by atoms with Crippen molar-refractivity contribution in [1.82, 2.24) is 4.90 Å². The first-order valence-electron chi connectivity index (χ1n) is 18.3. The molecule has 10 heteroatoms. The molecule has 0 unspecified atom stereocenters. The van der Waals surface area contributed by atoms with Gasteiger partial charge in [-0.3, -0.25) is 0 Å². The van der Waals surface area contributed by atoms with Gasteiger partial charge in [-0.15, -0.1) is 12.4 Å². The Morgan fingerprint density at radius 1 is 1.00 bits per heavy atom. The first-order valence-corrected chi connectivity index (χ1v) is 18.7. The highest BCUT2D eigenvalue weighted by Gasteiger charge is 2.32. The highest BCUT2D eigenvalue weighted by molar-refractivity contribution is 6.31. The number of rotatable bonds is 8. The minimum Gasteiger partial charge on any atom is -0.508 e. The molecule has 290 valence electrons. The standard InChI is InChI=1S/C26H26O6.C19H23ClN2.ClH/c1-14(2)6-11-17-22-18(12-13-26(3,4)32-22)24-20(23(17)30-5)21(28)19(25(29)31-24)15-7-9-16(27)10-8-15;1-21(2)12-5-13-22-18-7-4-3-6-15(18)8-9-16-10-11-17(20)14-19(16)22;/h6-10,12-13,27-28H,11H2,1-5H3;3-4,6-7,10-11,14H,5,8-9,12-13H2,1-2H3;1H. The van der Waals surface area contributed by atoms with Crippen LogP contribution in [0.1, 0.15) is 56.4 Å². The number of nitrogens with zero attached hydrogens (tertiary/aromatic N) is 2. The minimum atomic E-state index is -0.694. The molecule has 0 amide bonds. The zero-order valence-corrected chi connectivity index (χ0v) is 34.1. The van der Waals surface area contributed by atoms with E-state index in [1.165, 1.54) is 41.7 Å². The van der Waals surface area contributed by atoms with E-state index in [9.17, 15) is 15.0 Å². The van der Waals surface area contributed by atoms with Crippen molar-refractivity contribution in [3.8, 4) is 34.1 Å². The van der Waals surface area contributed by atoms with E-state index in [2.05, 4.69) is 66.4 Å². The van der Waals surface area contributed by atoms with Gasteiger partial charge in [0.15, 0.2) is 5.58 Å². The van der Waals surface area contributed by atoms with E-state index in [1.54, 1.807) is 12.1 Å². The fourth-order valence-corrected chi connectivity index (χ4v) is 7.23. The van der Waals surface area contributed by atoms with E-state index < -0.39 is 11.2 Å². The fourth-order valence-electron chi connectivity index (χ4n) is 7.06. The van der Waals surface area contributed by atoms with Gasteiger partial charge in [-0.05, 0) is 133 Å². The number of phenols is 1. The number of ether oxygens (including phenoxy) is 2. The Hall–Kier alpha value is -4.89. The van der Waals surface area contributed by atoms with E-state index in [-0.39, 0.29) is 35.1 Å². The minimum absolute atomic E-state index is 0. The van der Waals surface area contributed by atoms with Crippen molar-refractivity contribution < 1.29 is 24.1 Å². The van der Waals surface area contributed by atoms with Crippen molar-refractivity contribution in [1.29, 1.82) is 0 Å². The van der Waals surface area contributed by atoms with Gasteiger partial charge in [0.05, 0.1) is 12.7 Å². The average Bonchev–Trinajstić information content (AvgIpc) is 3.27. The number of aryl methyl sites for hydroxylation is 2. The van der Waals surface area contributed by atoms with Gasteiger partial charge in [-0.25, -0.2) is 4.79 Å². The molecule has 0 aliphatic carbocycles. The summed E-state index contributed by atoms with van der Waals surface area (Å²) >= 11 is 6.27. The van der Waals surface area contributed by atoms with Crippen LogP contribution in [0.3, 0.4) is 0 Å². The van der Waals surface area contributed by atoms with Gasteiger partial charge in [0.25, 0.3) is 0 Å². The van der Waals surface area contributed by atoms with Gasteiger partial charge in [-0.2, -0.15) is 0 Å². The maximum atomic E-state index is 12.9. The van der Waals surface area contributed by atoms with E-state index in [4.69, 9.17) is 25.5 Å². The van der Waals surface area contributed by atoms with Crippen LogP contribution in [-0.2, 0) is 19.3 Å². The topological polar surface area (TPSA) is 95.6 Å². The zero-order valence-electron chi connectivity index (χ0n) is 32.5. The Kier molecular flexibility index (Phi) is 13.0. The Labute approximate surface area is 334 Å². The quantitative estimate of drug-likeness (QED) is 0.119. The maximum Gasteiger partial charge on any atom is 0.348 e. The summed E-state index contributed by atoms with van der Waals surface area (Å²) in [6.45, 7) is 10.00. The molecule has 0 saturated heterocycles. The normalized spacial score (nSPS) is 13.7. The van der Waals surface area contributed by atoms with Crippen molar-refractivity contribution in [2.45, 2.75) is 59.0 Å². The lowest BCUT2D eigenvalue weighted by Gasteiger charge is -2.31. The van der Waals surface area contributed by atoms with Crippen LogP contribution in [0.2, 0.25) is 5.02 Å². The third-order valence-corrected chi connectivity index (χ3v) is 9.96. The van der Waals surface area contributed by atoms with Crippen molar-refractivity contribution in [3.63, 3.8) is 0 Å². The number of fused-ring (bicyclic) bond motifs is 5. The van der Waals surface area contributed by atoms with Crippen molar-refractivity contribution >= 4 is 52.4 Å². The molecule has 2 aliphatic rings. The van der Waals surface area contributed by atoms with Crippen LogP contribution >= 0.6 is 24.0 Å². The van der Waals surface area contributed by atoms with Gasteiger partial charge >= 0.3 is 5.63 Å². The van der Waals surface area contributed by atoms with E-state index in [0.29, 0.717) is 34.4 Å². The Morgan fingerprint density at radius 3 is 2.36 bits per heavy atom. The Balaban J connectivity index is 0.000000221. The van der Waals surface area contributed by atoms with Crippen LogP contribution in [0.4, 0.5) is 11.4 Å². The van der Waals surface area contributed by atoms with Gasteiger partial charge < -0.3 is 33.9 Å². The number of hydrogen-bond acceptors (Lipinski definition) is 8. The molecule has 0 fully saturated rings. The molecule has 0 spiro atoms. The van der Waals surface area contributed by atoms with E-state index in [0.717, 1.165) is 48.5 Å². The number of allylic oxidation sites excluding steroid dienone is 2. The first-order chi connectivity index (χ1) is 25.8. The number of aromatic hydroxyl groups is 2. The maximum absolute atomic E-state index is 12.9. The Bertz CT molecular complexity index is 2290. The molecule has 1 aromatic heterocycles. The number of anilines is 2. The van der Waals surface area contributed by atoms with Crippen LogP contribution in [-0.4, -0.2) is 55.0 Å². The van der Waals surface area contributed by atoms with Crippen molar-refractivity contribution in [2.75, 3.05) is 39.2 Å². The molecular formula is C45H50Cl2N2O6. The second kappa shape index (κ2) is 17.3.